The molecule has 0 aliphatic heterocycles. The van der Waals surface area contributed by atoms with Gasteiger partial charge in [0.05, 0.1) is 12.2 Å². The minimum Gasteiger partial charge on any atom is -0.343 e. The van der Waals surface area contributed by atoms with Gasteiger partial charge in [-0.25, -0.2) is 4.39 Å². The summed E-state index contributed by atoms with van der Waals surface area (Å²) >= 11 is 0. The van der Waals surface area contributed by atoms with Gasteiger partial charge in [-0.1, -0.05) is 25.1 Å². The molecule has 0 fully saturated rings. The van der Waals surface area contributed by atoms with Crippen LogP contribution in [0.4, 0.5) is 4.39 Å². The quantitative estimate of drug-likeness (QED) is 0.476. The third-order valence-corrected chi connectivity index (χ3v) is 4.83. The second-order valence-corrected chi connectivity index (χ2v) is 7.74. The Bertz CT molecular complexity index is 1250. The first-order valence-electron chi connectivity index (χ1n) is 10.2. The maximum atomic E-state index is 14.4. The van der Waals surface area contributed by atoms with Crippen LogP contribution < -0.4 is 5.32 Å². The molecule has 3 aromatic heterocycles. The molecule has 7 nitrogen and oxygen atoms in total. The molecule has 0 unspecified atom stereocenters. The summed E-state index contributed by atoms with van der Waals surface area (Å²) in [6, 6.07) is 11.7. The Labute approximate surface area is 184 Å². The highest BCUT2D eigenvalue weighted by Crippen LogP contribution is 2.28. The number of aromatic nitrogens is 4. The topological polar surface area (TPSA) is 93.8 Å². The minimum absolute atomic E-state index is 0.0822. The third-order valence-electron chi connectivity index (χ3n) is 4.83. The maximum absolute atomic E-state index is 14.4. The number of carbonyl (C=O) groups excluding carboxylic acids is 1. The number of aryl methyl sites for hydroxylation is 1. The lowest BCUT2D eigenvalue weighted by atomic mass is 10.00. The van der Waals surface area contributed by atoms with E-state index in [-0.39, 0.29) is 24.1 Å². The zero-order valence-corrected chi connectivity index (χ0v) is 18.0. The highest BCUT2D eigenvalue weighted by atomic mass is 19.1. The first-order valence-corrected chi connectivity index (χ1v) is 10.2. The van der Waals surface area contributed by atoms with E-state index in [2.05, 4.69) is 25.4 Å². The molecule has 0 bridgehead atoms. The summed E-state index contributed by atoms with van der Waals surface area (Å²) < 4.78 is 19.6. The van der Waals surface area contributed by atoms with Gasteiger partial charge >= 0.3 is 0 Å². The molecule has 0 saturated heterocycles. The number of halogens is 1. The van der Waals surface area contributed by atoms with Gasteiger partial charge in [-0.2, -0.15) is 4.98 Å². The number of benzene rings is 1. The van der Waals surface area contributed by atoms with E-state index in [1.807, 2.05) is 32.9 Å². The molecule has 4 rings (SSSR count). The molecule has 1 N–H and O–H groups in total. The molecule has 32 heavy (non-hydrogen) atoms. The maximum Gasteiger partial charge on any atom is 0.251 e. The van der Waals surface area contributed by atoms with Gasteiger partial charge in [-0.3, -0.25) is 14.8 Å². The van der Waals surface area contributed by atoms with Crippen molar-refractivity contribution in [1.82, 2.24) is 25.4 Å². The standard InChI is InChI=1S/C24H22FN5O2/c1-14(2)23-29-21(32-30-23)13-28-24(31)18-10-16(20-7-6-15(3)12-27-20)9-17(11-18)22-19(25)5-4-8-26-22/h4-12,14H,13H2,1-3H3,(H,28,31). The molecule has 0 aliphatic rings. The Morgan fingerprint density at radius 3 is 2.62 bits per heavy atom. The van der Waals surface area contributed by atoms with Crippen molar-refractivity contribution in [3.05, 3.63) is 83.5 Å². The zero-order chi connectivity index (χ0) is 22.7. The molecule has 3 heterocycles. The molecule has 1 amide bonds. The van der Waals surface area contributed by atoms with Gasteiger partial charge in [0, 0.05) is 35.0 Å². The van der Waals surface area contributed by atoms with Crippen LogP contribution in [0.5, 0.6) is 0 Å². The van der Waals surface area contributed by atoms with Crippen LogP contribution in [0.1, 0.15) is 47.4 Å². The monoisotopic (exact) mass is 431 g/mol. The molecule has 0 saturated carbocycles. The van der Waals surface area contributed by atoms with Crippen LogP contribution in [0.15, 0.2) is 59.4 Å². The lowest BCUT2D eigenvalue weighted by molar-refractivity contribution is 0.0946. The smallest absolute Gasteiger partial charge is 0.251 e. The van der Waals surface area contributed by atoms with Gasteiger partial charge in [0.15, 0.2) is 5.82 Å². The summed E-state index contributed by atoms with van der Waals surface area (Å²) in [6.07, 6.45) is 3.25. The number of carbonyl (C=O) groups is 1. The molecular weight excluding hydrogens is 409 g/mol. The number of hydrogen-bond donors (Lipinski definition) is 1. The Morgan fingerprint density at radius 1 is 1.12 bits per heavy atom. The van der Waals surface area contributed by atoms with Gasteiger partial charge in [0.25, 0.3) is 5.91 Å². The highest BCUT2D eigenvalue weighted by Gasteiger charge is 2.16. The van der Waals surface area contributed by atoms with Gasteiger partial charge in [-0.15, -0.1) is 0 Å². The van der Waals surface area contributed by atoms with Crippen molar-refractivity contribution in [2.75, 3.05) is 0 Å². The Morgan fingerprint density at radius 2 is 1.94 bits per heavy atom. The second-order valence-electron chi connectivity index (χ2n) is 7.74. The normalized spacial score (nSPS) is 11.0. The SMILES string of the molecule is Cc1ccc(-c2cc(C(=O)NCc3nc(C(C)C)no3)cc(-c3ncccc3F)c2)nc1. The van der Waals surface area contributed by atoms with E-state index in [9.17, 15) is 9.18 Å². The fourth-order valence-corrected chi connectivity index (χ4v) is 3.11. The number of nitrogens with one attached hydrogen (secondary N) is 1. The fraction of sp³-hybridized carbons (Fsp3) is 0.208. The van der Waals surface area contributed by atoms with E-state index < -0.39 is 5.82 Å². The zero-order valence-electron chi connectivity index (χ0n) is 18.0. The number of hydrogen-bond acceptors (Lipinski definition) is 6. The van der Waals surface area contributed by atoms with Crippen LogP contribution >= 0.6 is 0 Å². The van der Waals surface area contributed by atoms with Crippen LogP contribution in [0.2, 0.25) is 0 Å². The lowest BCUT2D eigenvalue weighted by Gasteiger charge is -2.10. The number of amides is 1. The van der Waals surface area contributed by atoms with Crippen molar-refractivity contribution in [2.24, 2.45) is 0 Å². The second kappa shape index (κ2) is 9.05. The van der Waals surface area contributed by atoms with Crippen molar-refractivity contribution < 1.29 is 13.7 Å². The first kappa shape index (κ1) is 21.3. The van der Waals surface area contributed by atoms with Crippen LogP contribution in [0, 0.1) is 12.7 Å². The summed E-state index contributed by atoms with van der Waals surface area (Å²) in [7, 11) is 0. The van der Waals surface area contributed by atoms with Crippen molar-refractivity contribution in [3.63, 3.8) is 0 Å². The van der Waals surface area contributed by atoms with Crippen LogP contribution in [0.3, 0.4) is 0 Å². The Kier molecular flexibility index (Phi) is 6.02. The number of pyridine rings is 2. The molecular formula is C24H22FN5O2. The van der Waals surface area contributed by atoms with Gasteiger partial charge in [0.2, 0.25) is 5.89 Å². The number of rotatable bonds is 6. The summed E-state index contributed by atoms with van der Waals surface area (Å²) in [5, 5.41) is 6.67. The van der Waals surface area contributed by atoms with Crippen LogP contribution in [-0.2, 0) is 6.54 Å². The van der Waals surface area contributed by atoms with Crippen LogP contribution in [-0.4, -0.2) is 26.0 Å². The predicted octanol–water partition coefficient (Wildman–Crippen LogP) is 4.69. The van der Waals surface area contributed by atoms with E-state index in [1.54, 1.807) is 24.4 Å². The van der Waals surface area contributed by atoms with E-state index in [1.165, 1.54) is 18.3 Å². The fourth-order valence-electron chi connectivity index (χ4n) is 3.11. The molecule has 1 aromatic carbocycles. The van der Waals surface area contributed by atoms with Crippen molar-refractivity contribution >= 4 is 5.91 Å². The minimum atomic E-state index is -0.472. The lowest BCUT2D eigenvalue weighted by Crippen LogP contribution is -2.23. The number of nitrogens with zero attached hydrogens (tertiary/aromatic N) is 4. The average molecular weight is 431 g/mol. The summed E-state index contributed by atoms with van der Waals surface area (Å²) in [5.41, 5.74) is 3.34. The van der Waals surface area contributed by atoms with Crippen LogP contribution in [0.25, 0.3) is 22.5 Å². The molecule has 8 heteroatoms. The Balaban J connectivity index is 1.67. The van der Waals surface area contributed by atoms with E-state index in [4.69, 9.17) is 4.52 Å². The first-order chi connectivity index (χ1) is 15.4. The highest BCUT2D eigenvalue weighted by molar-refractivity contribution is 5.97. The van der Waals surface area contributed by atoms with Crippen molar-refractivity contribution in [2.45, 2.75) is 33.2 Å². The average Bonchev–Trinajstić information content (AvgIpc) is 3.27. The molecule has 0 radical (unpaired) electrons. The summed E-state index contributed by atoms with van der Waals surface area (Å²) in [5.74, 6) is 0.183. The van der Waals surface area contributed by atoms with E-state index in [0.717, 1.165) is 5.56 Å². The Hall–Kier alpha value is -3.94. The van der Waals surface area contributed by atoms with E-state index in [0.29, 0.717) is 34.1 Å². The molecule has 4 aromatic rings. The third kappa shape index (κ3) is 4.69. The summed E-state index contributed by atoms with van der Waals surface area (Å²) in [6.45, 7) is 5.93. The van der Waals surface area contributed by atoms with Crippen molar-refractivity contribution in [1.29, 1.82) is 0 Å². The predicted molar refractivity (Wildman–Crippen MR) is 117 cm³/mol. The molecule has 162 valence electrons. The van der Waals surface area contributed by atoms with Gasteiger partial charge in [0.1, 0.15) is 11.5 Å². The summed E-state index contributed by atoms with van der Waals surface area (Å²) in [4.78, 5) is 25.8. The van der Waals surface area contributed by atoms with Gasteiger partial charge in [-0.05, 0) is 48.9 Å². The molecule has 0 aliphatic carbocycles. The molecule has 0 atom stereocenters. The van der Waals surface area contributed by atoms with Crippen molar-refractivity contribution in [3.8, 4) is 22.5 Å². The van der Waals surface area contributed by atoms with E-state index >= 15 is 0 Å². The van der Waals surface area contributed by atoms with Gasteiger partial charge < -0.3 is 9.84 Å². The molecule has 0 spiro atoms. The largest absolute Gasteiger partial charge is 0.343 e.